The summed E-state index contributed by atoms with van der Waals surface area (Å²) in [5, 5.41) is 0. The van der Waals surface area contributed by atoms with Crippen LogP contribution >= 0.6 is 0 Å². The summed E-state index contributed by atoms with van der Waals surface area (Å²) >= 11 is 0. The smallest absolute Gasteiger partial charge is 0.330 e. The van der Waals surface area contributed by atoms with Crippen molar-refractivity contribution >= 4 is 5.97 Å². The molecule has 0 aromatic rings. The Balaban J connectivity index is 3.84. The van der Waals surface area contributed by atoms with Crippen LogP contribution in [0.5, 0.6) is 0 Å². The van der Waals surface area contributed by atoms with Gasteiger partial charge >= 0.3 is 5.97 Å². The summed E-state index contributed by atoms with van der Waals surface area (Å²) in [7, 11) is 0. The topological polar surface area (TPSA) is 29.5 Å². The Morgan fingerprint density at radius 1 is 1.47 bits per heavy atom. The molecule has 1 atom stereocenters. The lowest BCUT2D eigenvalue weighted by molar-refractivity contribution is -0.138. The maximum absolute atomic E-state index is 10.8. The minimum atomic E-state index is -0.337. The lowest BCUT2D eigenvalue weighted by Gasteiger charge is -2.27. The van der Waals surface area contributed by atoms with Gasteiger partial charge in [0.05, 0.1) is 0 Å². The van der Waals surface area contributed by atoms with Crippen LogP contribution in [0, 0.1) is 0 Å². The number of hydrogen-bond acceptors (Lipinski definition) is 3. The third-order valence-electron chi connectivity index (χ3n) is 2.51. The van der Waals surface area contributed by atoms with Crippen molar-refractivity contribution in [1.82, 2.24) is 4.90 Å². The van der Waals surface area contributed by atoms with Gasteiger partial charge in [-0.25, -0.2) is 4.79 Å². The molecule has 1 unspecified atom stereocenters. The van der Waals surface area contributed by atoms with Crippen LogP contribution in [0.3, 0.4) is 0 Å². The molecule has 0 aliphatic carbocycles. The fourth-order valence-electron chi connectivity index (χ4n) is 1.42. The molecule has 0 spiro atoms. The molecule has 0 aromatic carbocycles. The molecule has 0 radical (unpaired) electrons. The molecule has 3 heteroatoms. The summed E-state index contributed by atoms with van der Waals surface area (Å²) in [6, 6.07) is 0.549. The molecular formula is C12H23NO2. The molecule has 0 fully saturated rings. The van der Waals surface area contributed by atoms with Crippen molar-refractivity contribution in [2.75, 3.05) is 19.7 Å². The Labute approximate surface area is 93.1 Å². The van der Waals surface area contributed by atoms with E-state index in [0.717, 1.165) is 25.9 Å². The molecule has 0 heterocycles. The van der Waals surface area contributed by atoms with Crippen molar-refractivity contribution in [3.63, 3.8) is 0 Å². The normalized spacial score (nSPS) is 12.5. The zero-order valence-corrected chi connectivity index (χ0v) is 10.2. The summed E-state index contributed by atoms with van der Waals surface area (Å²) < 4.78 is 4.96. The maximum Gasteiger partial charge on any atom is 0.330 e. The van der Waals surface area contributed by atoms with Crippen molar-refractivity contribution in [2.45, 2.75) is 39.7 Å². The fraction of sp³-hybridized carbons (Fsp3) is 0.750. The van der Waals surface area contributed by atoms with Crippen molar-refractivity contribution in [2.24, 2.45) is 0 Å². The Bertz CT molecular complexity index is 192. The van der Waals surface area contributed by atoms with Gasteiger partial charge in [0.1, 0.15) is 6.61 Å². The summed E-state index contributed by atoms with van der Waals surface area (Å²) in [5.41, 5.74) is 0. The molecule has 0 rings (SSSR count). The highest BCUT2D eigenvalue weighted by atomic mass is 16.5. The van der Waals surface area contributed by atoms with E-state index in [0.29, 0.717) is 12.6 Å². The monoisotopic (exact) mass is 213 g/mol. The zero-order chi connectivity index (χ0) is 11.7. The molecule has 0 N–H and O–H groups in total. The second-order valence-electron chi connectivity index (χ2n) is 3.66. The lowest BCUT2D eigenvalue weighted by Crippen LogP contribution is -2.36. The number of carbonyl (C=O) groups is 1. The van der Waals surface area contributed by atoms with E-state index in [9.17, 15) is 4.79 Å². The third-order valence-corrected chi connectivity index (χ3v) is 2.51. The van der Waals surface area contributed by atoms with Crippen molar-refractivity contribution in [3.05, 3.63) is 12.7 Å². The predicted molar refractivity (Wildman–Crippen MR) is 62.8 cm³/mol. The van der Waals surface area contributed by atoms with E-state index < -0.39 is 0 Å². The van der Waals surface area contributed by atoms with E-state index in [1.165, 1.54) is 6.08 Å². The fourth-order valence-corrected chi connectivity index (χ4v) is 1.42. The summed E-state index contributed by atoms with van der Waals surface area (Å²) in [4.78, 5) is 13.2. The standard InChI is InChI=1S/C12H23NO2/c1-5-8-13(11(4)6-2)9-10-15-12(14)7-3/h7,11H,3,5-6,8-10H2,1-2,4H3. The van der Waals surface area contributed by atoms with Crippen molar-refractivity contribution < 1.29 is 9.53 Å². The van der Waals surface area contributed by atoms with Crippen molar-refractivity contribution in [3.8, 4) is 0 Å². The van der Waals surface area contributed by atoms with Crippen LogP contribution in [0.25, 0.3) is 0 Å². The first-order valence-electron chi connectivity index (χ1n) is 5.68. The molecule has 3 nitrogen and oxygen atoms in total. The van der Waals surface area contributed by atoms with Gasteiger partial charge in [-0.2, -0.15) is 0 Å². The molecular weight excluding hydrogens is 190 g/mol. The minimum absolute atomic E-state index is 0.337. The Kier molecular flexibility index (Phi) is 8.01. The number of hydrogen-bond donors (Lipinski definition) is 0. The predicted octanol–water partition coefficient (Wildman–Crippen LogP) is 2.23. The third kappa shape index (κ3) is 6.28. The van der Waals surface area contributed by atoms with E-state index in [1.54, 1.807) is 0 Å². The quantitative estimate of drug-likeness (QED) is 0.457. The zero-order valence-electron chi connectivity index (χ0n) is 10.2. The van der Waals surface area contributed by atoms with Gasteiger partial charge < -0.3 is 4.74 Å². The molecule has 0 aliphatic heterocycles. The SMILES string of the molecule is C=CC(=O)OCCN(CCC)C(C)CC. The van der Waals surface area contributed by atoms with E-state index in [1.807, 2.05) is 0 Å². The molecule has 15 heavy (non-hydrogen) atoms. The van der Waals surface area contributed by atoms with E-state index in [2.05, 4.69) is 32.3 Å². The van der Waals surface area contributed by atoms with Gasteiger partial charge in [0.15, 0.2) is 0 Å². The van der Waals surface area contributed by atoms with E-state index >= 15 is 0 Å². The number of ether oxygens (including phenoxy) is 1. The molecule has 0 bridgehead atoms. The number of rotatable bonds is 8. The Morgan fingerprint density at radius 2 is 2.13 bits per heavy atom. The van der Waals surface area contributed by atoms with Gasteiger partial charge in [0.2, 0.25) is 0 Å². The second-order valence-corrected chi connectivity index (χ2v) is 3.66. The second kappa shape index (κ2) is 8.48. The first-order valence-corrected chi connectivity index (χ1v) is 5.68. The minimum Gasteiger partial charge on any atom is -0.461 e. The van der Waals surface area contributed by atoms with E-state index in [4.69, 9.17) is 4.74 Å². The van der Waals surface area contributed by atoms with Gasteiger partial charge in [-0.15, -0.1) is 0 Å². The first-order chi connectivity index (χ1) is 7.15. The summed E-state index contributed by atoms with van der Waals surface area (Å²) in [6.45, 7) is 12.2. The number of nitrogens with zero attached hydrogens (tertiary/aromatic N) is 1. The number of carbonyl (C=O) groups excluding carboxylic acids is 1. The number of esters is 1. The van der Waals surface area contributed by atoms with Gasteiger partial charge in [-0.3, -0.25) is 4.90 Å². The van der Waals surface area contributed by atoms with Gasteiger partial charge in [-0.1, -0.05) is 20.4 Å². The molecule has 0 aliphatic rings. The highest BCUT2D eigenvalue weighted by Crippen LogP contribution is 2.03. The van der Waals surface area contributed by atoms with E-state index in [-0.39, 0.29) is 5.97 Å². The molecule has 0 saturated heterocycles. The van der Waals surface area contributed by atoms with Crippen LogP contribution in [0.1, 0.15) is 33.6 Å². The van der Waals surface area contributed by atoms with Gasteiger partial charge in [0, 0.05) is 18.7 Å². The first kappa shape index (κ1) is 14.2. The van der Waals surface area contributed by atoms with Crippen LogP contribution in [0.2, 0.25) is 0 Å². The van der Waals surface area contributed by atoms with Crippen LogP contribution < -0.4 is 0 Å². The Hall–Kier alpha value is -0.830. The Morgan fingerprint density at radius 3 is 2.60 bits per heavy atom. The maximum atomic E-state index is 10.8. The largest absolute Gasteiger partial charge is 0.461 e. The molecule has 0 amide bonds. The van der Waals surface area contributed by atoms with Crippen LogP contribution in [-0.4, -0.2) is 36.6 Å². The van der Waals surface area contributed by atoms with Gasteiger partial charge in [0.25, 0.3) is 0 Å². The average Bonchev–Trinajstić information content (AvgIpc) is 2.26. The van der Waals surface area contributed by atoms with Crippen LogP contribution in [0.4, 0.5) is 0 Å². The average molecular weight is 213 g/mol. The van der Waals surface area contributed by atoms with Crippen LogP contribution in [0.15, 0.2) is 12.7 Å². The molecule has 0 aromatic heterocycles. The summed E-state index contributed by atoms with van der Waals surface area (Å²) in [5.74, 6) is -0.337. The molecule has 88 valence electrons. The van der Waals surface area contributed by atoms with Crippen LogP contribution in [-0.2, 0) is 9.53 Å². The highest BCUT2D eigenvalue weighted by molar-refractivity contribution is 5.81. The van der Waals surface area contributed by atoms with Gasteiger partial charge in [-0.05, 0) is 26.3 Å². The highest BCUT2D eigenvalue weighted by Gasteiger charge is 2.10. The molecule has 0 saturated carbocycles. The summed E-state index contributed by atoms with van der Waals surface area (Å²) in [6.07, 6.45) is 3.45. The lowest BCUT2D eigenvalue weighted by atomic mass is 10.2. The van der Waals surface area contributed by atoms with Crippen molar-refractivity contribution in [1.29, 1.82) is 0 Å².